The topological polar surface area (TPSA) is 47.6 Å². The molecule has 0 saturated heterocycles. The van der Waals surface area contributed by atoms with Gasteiger partial charge in [0, 0.05) is 16.8 Å². The fourth-order valence-corrected chi connectivity index (χ4v) is 3.47. The van der Waals surface area contributed by atoms with Crippen LogP contribution in [0.3, 0.4) is 0 Å². The Kier molecular flexibility index (Phi) is 6.02. The third-order valence-corrected chi connectivity index (χ3v) is 4.71. The van der Waals surface area contributed by atoms with Gasteiger partial charge in [0.15, 0.2) is 11.5 Å². The smallest absolute Gasteiger partial charge is 0.416 e. The van der Waals surface area contributed by atoms with E-state index in [0.29, 0.717) is 33.7 Å². The predicted octanol–water partition coefficient (Wildman–Crippen LogP) is 5.92. The lowest BCUT2D eigenvalue weighted by molar-refractivity contribution is -0.137. The van der Waals surface area contributed by atoms with Gasteiger partial charge in [0.1, 0.15) is 6.61 Å². The van der Waals surface area contributed by atoms with E-state index < -0.39 is 17.6 Å². The van der Waals surface area contributed by atoms with Crippen molar-refractivity contribution in [3.63, 3.8) is 0 Å². The Morgan fingerprint density at radius 1 is 1.21 bits per heavy atom. The molecule has 1 aliphatic rings. The van der Waals surface area contributed by atoms with Gasteiger partial charge in [-0.3, -0.25) is 4.79 Å². The van der Waals surface area contributed by atoms with Crippen molar-refractivity contribution in [3.05, 3.63) is 64.1 Å². The molecule has 0 radical (unpaired) electrons. The van der Waals surface area contributed by atoms with Crippen molar-refractivity contribution in [2.45, 2.75) is 13.1 Å². The molecule has 3 rings (SSSR count). The van der Waals surface area contributed by atoms with Crippen molar-refractivity contribution in [2.24, 2.45) is 0 Å². The third kappa shape index (κ3) is 4.48. The molecule has 8 heteroatoms. The second kappa shape index (κ2) is 8.32. The van der Waals surface area contributed by atoms with Gasteiger partial charge in [0.25, 0.3) is 5.91 Å². The standard InChI is InChI=1S/C21H17BrF3NO3/c1-3-7-29-19-16(22)9-12(10-18(19)28-4-2)8-15-14-6-5-13(21(23,24)25)11-17(14)26-20(15)27/h3,5-6,8-11H,1,4,7H2,2H3,(H,26,27)/b15-8-. The van der Waals surface area contributed by atoms with Crippen LogP contribution >= 0.6 is 15.9 Å². The zero-order chi connectivity index (χ0) is 21.2. The fraction of sp³-hybridized carbons (Fsp3) is 0.190. The summed E-state index contributed by atoms with van der Waals surface area (Å²) in [4.78, 5) is 12.4. The number of hydrogen-bond acceptors (Lipinski definition) is 3. The maximum absolute atomic E-state index is 12.9. The normalized spacial score (nSPS) is 14.5. The summed E-state index contributed by atoms with van der Waals surface area (Å²) in [6, 6.07) is 6.63. The number of nitrogens with one attached hydrogen (secondary N) is 1. The molecular weight excluding hydrogens is 451 g/mol. The van der Waals surface area contributed by atoms with Crippen molar-refractivity contribution >= 4 is 39.2 Å². The van der Waals surface area contributed by atoms with Crippen LogP contribution in [-0.2, 0) is 11.0 Å². The number of carbonyl (C=O) groups is 1. The molecule has 0 aromatic heterocycles. The minimum Gasteiger partial charge on any atom is -0.490 e. The maximum Gasteiger partial charge on any atom is 0.416 e. The van der Waals surface area contributed by atoms with E-state index in [4.69, 9.17) is 9.47 Å². The highest BCUT2D eigenvalue weighted by atomic mass is 79.9. The molecule has 1 amide bonds. The molecule has 0 spiro atoms. The number of anilines is 1. The lowest BCUT2D eigenvalue weighted by Gasteiger charge is -2.14. The highest BCUT2D eigenvalue weighted by Gasteiger charge is 2.33. The molecule has 2 aromatic carbocycles. The highest BCUT2D eigenvalue weighted by Crippen LogP contribution is 2.41. The van der Waals surface area contributed by atoms with Crippen molar-refractivity contribution < 1.29 is 27.4 Å². The first kappa shape index (κ1) is 21.0. The summed E-state index contributed by atoms with van der Waals surface area (Å²) >= 11 is 3.43. The fourth-order valence-electron chi connectivity index (χ4n) is 2.90. The van der Waals surface area contributed by atoms with Crippen LogP contribution < -0.4 is 14.8 Å². The SMILES string of the molecule is C=CCOc1c(Br)cc(/C=C2\C(=O)Nc3cc(C(F)(F)F)ccc32)cc1OCC. The van der Waals surface area contributed by atoms with Gasteiger partial charge in [-0.05, 0) is 58.8 Å². The third-order valence-electron chi connectivity index (χ3n) is 4.12. The quantitative estimate of drug-likeness (QED) is 0.423. The lowest BCUT2D eigenvalue weighted by Crippen LogP contribution is -2.06. The number of fused-ring (bicyclic) bond motifs is 1. The van der Waals surface area contributed by atoms with Crippen LogP contribution in [0.5, 0.6) is 11.5 Å². The summed E-state index contributed by atoms with van der Waals surface area (Å²) in [5.41, 5.74) is 0.616. The molecule has 152 valence electrons. The molecular formula is C21H17BrF3NO3. The summed E-state index contributed by atoms with van der Waals surface area (Å²) in [6.45, 7) is 6.13. The van der Waals surface area contributed by atoms with Crippen molar-refractivity contribution in [1.29, 1.82) is 0 Å². The highest BCUT2D eigenvalue weighted by molar-refractivity contribution is 9.10. The van der Waals surface area contributed by atoms with Crippen molar-refractivity contribution in [1.82, 2.24) is 0 Å². The summed E-state index contributed by atoms with van der Waals surface area (Å²) in [5.74, 6) is 0.502. The number of rotatable bonds is 6. The minimum absolute atomic E-state index is 0.131. The van der Waals surface area contributed by atoms with E-state index in [1.54, 1.807) is 24.3 Å². The number of carbonyl (C=O) groups excluding carboxylic acids is 1. The van der Waals surface area contributed by atoms with Gasteiger partial charge >= 0.3 is 6.18 Å². The molecule has 1 heterocycles. The van der Waals surface area contributed by atoms with E-state index in [1.165, 1.54) is 6.07 Å². The first-order valence-electron chi connectivity index (χ1n) is 8.69. The second-order valence-corrected chi connectivity index (χ2v) is 6.99. The van der Waals surface area contributed by atoms with Crippen LogP contribution in [0.2, 0.25) is 0 Å². The first-order valence-corrected chi connectivity index (χ1v) is 9.48. The van der Waals surface area contributed by atoms with Crippen LogP contribution in [0, 0.1) is 0 Å². The Bertz CT molecular complexity index is 999. The average molecular weight is 468 g/mol. The molecule has 1 N–H and O–H groups in total. The Morgan fingerprint density at radius 2 is 1.97 bits per heavy atom. The largest absolute Gasteiger partial charge is 0.490 e. The Labute approximate surface area is 174 Å². The van der Waals surface area contributed by atoms with Crippen LogP contribution in [0.4, 0.5) is 18.9 Å². The van der Waals surface area contributed by atoms with E-state index in [-0.39, 0.29) is 17.9 Å². The summed E-state index contributed by atoms with van der Waals surface area (Å²) in [6.07, 6.45) is -1.28. The van der Waals surface area contributed by atoms with Gasteiger partial charge in [0.05, 0.1) is 16.6 Å². The number of ether oxygens (including phenoxy) is 2. The van der Waals surface area contributed by atoms with E-state index >= 15 is 0 Å². The van der Waals surface area contributed by atoms with Gasteiger partial charge in [-0.25, -0.2) is 0 Å². The zero-order valence-corrected chi connectivity index (χ0v) is 17.0. The summed E-state index contributed by atoms with van der Waals surface area (Å²) in [7, 11) is 0. The van der Waals surface area contributed by atoms with Crippen molar-refractivity contribution in [2.75, 3.05) is 18.5 Å². The molecule has 29 heavy (non-hydrogen) atoms. The first-order chi connectivity index (χ1) is 13.7. The van der Waals surface area contributed by atoms with Gasteiger partial charge < -0.3 is 14.8 Å². The van der Waals surface area contributed by atoms with E-state index in [1.807, 2.05) is 6.92 Å². The molecule has 0 saturated carbocycles. The van der Waals surface area contributed by atoms with E-state index in [2.05, 4.69) is 27.8 Å². The zero-order valence-electron chi connectivity index (χ0n) is 15.4. The van der Waals surface area contributed by atoms with Crippen LogP contribution in [0.1, 0.15) is 23.6 Å². The van der Waals surface area contributed by atoms with E-state index in [9.17, 15) is 18.0 Å². The molecule has 0 fully saturated rings. The predicted molar refractivity (Wildman–Crippen MR) is 109 cm³/mol. The molecule has 0 aliphatic carbocycles. The number of alkyl halides is 3. The Balaban J connectivity index is 2.03. The summed E-state index contributed by atoms with van der Waals surface area (Å²) in [5, 5.41) is 2.49. The van der Waals surface area contributed by atoms with Gasteiger partial charge in [0.2, 0.25) is 0 Å². The number of halogens is 4. The van der Waals surface area contributed by atoms with Crippen molar-refractivity contribution in [3.8, 4) is 11.5 Å². The van der Waals surface area contributed by atoms with Crippen LogP contribution in [0.25, 0.3) is 11.6 Å². The average Bonchev–Trinajstić information content (AvgIpc) is 2.95. The van der Waals surface area contributed by atoms with Gasteiger partial charge in [-0.15, -0.1) is 0 Å². The molecule has 2 aromatic rings. The maximum atomic E-state index is 12.9. The van der Waals surface area contributed by atoms with Gasteiger partial charge in [-0.2, -0.15) is 13.2 Å². The second-order valence-electron chi connectivity index (χ2n) is 6.13. The lowest BCUT2D eigenvalue weighted by atomic mass is 10.0. The molecule has 0 atom stereocenters. The number of hydrogen-bond donors (Lipinski definition) is 1. The number of benzene rings is 2. The van der Waals surface area contributed by atoms with Crippen LogP contribution in [0.15, 0.2) is 47.5 Å². The monoisotopic (exact) mass is 467 g/mol. The Hall–Kier alpha value is -2.74. The molecule has 0 bridgehead atoms. The number of amides is 1. The molecule has 0 unspecified atom stereocenters. The van der Waals surface area contributed by atoms with E-state index in [0.717, 1.165) is 12.1 Å². The van der Waals surface area contributed by atoms with Crippen LogP contribution in [-0.4, -0.2) is 19.1 Å². The van der Waals surface area contributed by atoms with Gasteiger partial charge in [-0.1, -0.05) is 18.7 Å². The summed E-state index contributed by atoms with van der Waals surface area (Å²) < 4.78 is 50.6. The Morgan fingerprint density at radius 3 is 2.62 bits per heavy atom. The molecule has 4 nitrogen and oxygen atoms in total. The molecule has 1 aliphatic heterocycles. The minimum atomic E-state index is -4.48.